The first kappa shape index (κ1) is 26.2. The number of rotatable bonds is 10. The summed E-state index contributed by atoms with van der Waals surface area (Å²) in [6.07, 6.45) is -3.91. The highest BCUT2D eigenvalue weighted by Crippen LogP contribution is 2.34. The van der Waals surface area contributed by atoms with Gasteiger partial charge in [-0.05, 0) is 60.9 Å². The largest absolute Gasteiger partial charge is 0.488 e. The summed E-state index contributed by atoms with van der Waals surface area (Å²) in [7, 11) is 0. The van der Waals surface area contributed by atoms with E-state index in [0.29, 0.717) is 34.2 Å². The molecule has 0 radical (unpaired) electrons. The van der Waals surface area contributed by atoms with Gasteiger partial charge in [-0.1, -0.05) is 36.4 Å². The van der Waals surface area contributed by atoms with Crippen LogP contribution in [0, 0.1) is 6.92 Å². The number of ether oxygens (including phenoxy) is 2. The van der Waals surface area contributed by atoms with Gasteiger partial charge in [0, 0.05) is 12.0 Å². The SMILES string of the molecule is Cc1cc(OCc2sc(-c3ccc(C(F)(F)F)cc3)nc2COc2ccccc2)ccc1CCC(=O)O. The minimum atomic E-state index is -4.41. The van der Waals surface area contributed by atoms with Crippen molar-refractivity contribution in [3.05, 3.63) is 100 Å². The molecule has 0 aliphatic carbocycles. The van der Waals surface area contributed by atoms with Crippen LogP contribution in [0.15, 0.2) is 72.8 Å². The fraction of sp³-hybridized carbons (Fsp3) is 0.214. The third-order valence-corrected chi connectivity index (χ3v) is 6.77. The predicted octanol–water partition coefficient (Wildman–Crippen LogP) is 7.31. The van der Waals surface area contributed by atoms with Crippen molar-refractivity contribution in [3.63, 3.8) is 0 Å². The molecule has 0 saturated carbocycles. The lowest BCUT2D eigenvalue weighted by Gasteiger charge is -2.10. The van der Waals surface area contributed by atoms with Crippen LogP contribution in [0.5, 0.6) is 11.5 Å². The Bertz CT molecular complexity index is 1350. The van der Waals surface area contributed by atoms with E-state index in [1.54, 1.807) is 6.07 Å². The molecule has 4 rings (SSSR count). The molecule has 1 aromatic heterocycles. The maximum atomic E-state index is 13.0. The van der Waals surface area contributed by atoms with Crippen molar-refractivity contribution < 1.29 is 32.5 Å². The normalized spacial score (nSPS) is 11.4. The average molecular weight is 528 g/mol. The molecule has 4 aromatic rings. The van der Waals surface area contributed by atoms with Gasteiger partial charge < -0.3 is 14.6 Å². The number of aryl methyl sites for hydroxylation is 2. The Labute approximate surface area is 216 Å². The van der Waals surface area contributed by atoms with Gasteiger partial charge in [-0.3, -0.25) is 4.79 Å². The second kappa shape index (κ2) is 11.5. The molecule has 0 aliphatic rings. The zero-order valence-corrected chi connectivity index (χ0v) is 20.7. The van der Waals surface area contributed by atoms with Gasteiger partial charge in [0.2, 0.25) is 0 Å². The summed E-state index contributed by atoms with van der Waals surface area (Å²) in [5, 5.41) is 9.49. The zero-order chi connectivity index (χ0) is 26.4. The number of para-hydroxylation sites is 1. The fourth-order valence-corrected chi connectivity index (χ4v) is 4.62. The van der Waals surface area contributed by atoms with Gasteiger partial charge in [-0.15, -0.1) is 11.3 Å². The van der Waals surface area contributed by atoms with Gasteiger partial charge in [-0.25, -0.2) is 4.98 Å². The fourth-order valence-electron chi connectivity index (χ4n) is 3.63. The highest BCUT2D eigenvalue weighted by atomic mass is 32.1. The van der Waals surface area contributed by atoms with E-state index < -0.39 is 17.7 Å². The first-order valence-electron chi connectivity index (χ1n) is 11.5. The third kappa shape index (κ3) is 7.10. The van der Waals surface area contributed by atoms with E-state index in [4.69, 9.17) is 14.6 Å². The molecule has 0 aliphatic heterocycles. The molecule has 1 heterocycles. The Balaban J connectivity index is 1.53. The van der Waals surface area contributed by atoms with Crippen LogP contribution < -0.4 is 9.47 Å². The second-order valence-corrected chi connectivity index (χ2v) is 9.42. The van der Waals surface area contributed by atoms with Crippen molar-refractivity contribution >= 4 is 17.3 Å². The van der Waals surface area contributed by atoms with Crippen LogP contribution in [-0.4, -0.2) is 16.1 Å². The predicted molar refractivity (Wildman–Crippen MR) is 135 cm³/mol. The van der Waals surface area contributed by atoms with E-state index in [0.717, 1.165) is 28.1 Å². The van der Waals surface area contributed by atoms with Gasteiger partial charge in [0.05, 0.1) is 16.1 Å². The number of nitrogens with zero attached hydrogens (tertiary/aromatic N) is 1. The summed E-state index contributed by atoms with van der Waals surface area (Å²) in [5.41, 5.74) is 2.36. The van der Waals surface area contributed by atoms with E-state index >= 15 is 0 Å². The Hall–Kier alpha value is -3.85. The molecule has 0 saturated heterocycles. The van der Waals surface area contributed by atoms with Crippen molar-refractivity contribution in [1.82, 2.24) is 4.98 Å². The molecule has 0 spiro atoms. The van der Waals surface area contributed by atoms with Gasteiger partial charge in [-0.2, -0.15) is 13.2 Å². The molecule has 3 aromatic carbocycles. The van der Waals surface area contributed by atoms with Gasteiger partial charge in [0.15, 0.2) is 0 Å². The first-order chi connectivity index (χ1) is 17.7. The summed E-state index contributed by atoms with van der Waals surface area (Å²) in [6.45, 7) is 2.27. The van der Waals surface area contributed by atoms with Crippen molar-refractivity contribution in [3.8, 4) is 22.1 Å². The molecule has 1 N–H and O–H groups in total. The molecule has 37 heavy (non-hydrogen) atoms. The molecule has 0 unspecified atom stereocenters. The number of halogens is 3. The molecule has 192 valence electrons. The Morgan fingerprint density at radius 3 is 2.30 bits per heavy atom. The molecule has 5 nitrogen and oxygen atoms in total. The lowest BCUT2D eigenvalue weighted by Crippen LogP contribution is -2.04. The van der Waals surface area contributed by atoms with Crippen LogP contribution in [0.25, 0.3) is 10.6 Å². The number of carboxylic acids is 1. The molecule has 0 amide bonds. The number of hydrogen-bond acceptors (Lipinski definition) is 5. The number of thiazole rings is 1. The number of aliphatic carboxylic acids is 1. The Kier molecular flexibility index (Phi) is 8.13. The minimum absolute atomic E-state index is 0.0550. The lowest BCUT2D eigenvalue weighted by molar-refractivity contribution is -0.138. The lowest BCUT2D eigenvalue weighted by atomic mass is 10.0. The molecule has 0 bridgehead atoms. The van der Waals surface area contributed by atoms with Crippen LogP contribution in [-0.2, 0) is 30.6 Å². The Morgan fingerprint density at radius 1 is 0.946 bits per heavy atom. The molecule has 9 heteroatoms. The maximum absolute atomic E-state index is 13.0. The number of hydrogen-bond donors (Lipinski definition) is 1. The molecular formula is C28H24F3NO4S. The first-order valence-corrected chi connectivity index (χ1v) is 12.3. The van der Waals surface area contributed by atoms with Gasteiger partial charge in [0.25, 0.3) is 0 Å². The van der Waals surface area contributed by atoms with Gasteiger partial charge in [0.1, 0.15) is 29.7 Å². The standard InChI is InChI=1S/C28H24F3NO4S/c1-18-15-23(13-9-19(18)10-14-26(33)34)36-17-25-24(16-35-22-5-3-2-4-6-22)32-27(37-25)20-7-11-21(12-8-20)28(29,30)31/h2-9,11-13,15H,10,14,16-17H2,1H3,(H,33,34). The van der Waals surface area contributed by atoms with Crippen molar-refractivity contribution in [2.75, 3.05) is 0 Å². The van der Waals surface area contributed by atoms with E-state index in [1.807, 2.05) is 49.4 Å². The number of carboxylic acid groups (broad SMARTS) is 1. The third-order valence-electron chi connectivity index (χ3n) is 5.65. The smallest absolute Gasteiger partial charge is 0.416 e. The van der Waals surface area contributed by atoms with Crippen molar-refractivity contribution in [2.45, 2.75) is 39.2 Å². The molecule has 0 fully saturated rings. The minimum Gasteiger partial charge on any atom is -0.488 e. The summed E-state index contributed by atoms with van der Waals surface area (Å²) in [6, 6.07) is 19.7. The summed E-state index contributed by atoms with van der Waals surface area (Å²) >= 11 is 1.34. The van der Waals surface area contributed by atoms with E-state index in [-0.39, 0.29) is 19.6 Å². The number of carbonyl (C=O) groups is 1. The van der Waals surface area contributed by atoms with Crippen LogP contribution in [0.3, 0.4) is 0 Å². The number of alkyl halides is 3. The quantitative estimate of drug-likeness (QED) is 0.234. The van der Waals surface area contributed by atoms with E-state index in [9.17, 15) is 18.0 Å². The zero-order valence-electron chi connectivity index (χ0n) is 19.9. The van der Waals surface area contributed by atoms with Crippen molar-refractivity contribution in [2.24, 2.45) is 0 Å². The number of benzene rings is 3. The summed E-state index contributed by atoms with van der Waals surface area (Å²) in [5.74, 6) is 0.445. The van der Waals surface area contributed by atoms with E-state index in [1.165, 1.54) is 23.5 Å². The van der Waals surface area contributed by atoms with Gasteiger partial charge >= 0.3 is 12.1 Å². The van der Waals surface area contributed by atoms with Crippen molar-refractivity contribution in [1.29, 1.82) is 0 Å². The monoisotopic (exact) mass is 527 g/mol. The summed E-state index contributed by atoms with van der Waals surface area (Å²) in [4.78, 5) is 16.3. The van der Waals surface area contributed by atoms with Crippen LogP contribution in [0.4, 0.5) is 13.2 Å². The second-order valence-electron chi connectivity index (χ2n) is 8.34. The van der Waals surface area contributed by atoms with E-state index in [2.05, 4.69) is 4.98 Å². The molecular weight excluding hydrogens is 503 g/mol. The highest BCUT2D eigenvalue weighted by Gasteiger charge is 2.30. The molecule has 0 atom stereocenters. The maximum Gasteiger partial charge on any atom is 0.416 e. The highest BCUT2D eigenvalue weighted by molar-refractivity contribution is 7.15. The summed E-state index contributed by atoms with van der Waals surface area (Å²) < 4.78 is 50.8. The van der Waals surface area contributed by atoms with Crippen LogP contribution in [0.1, 0.15) is 33.7 Å². The topological polar surface area (TPSA) is 68.7 Å². The van der Waals surface area contributed by atoms with Crippen LogP contribution >= 0.6 is 11.3 Å². The van der Waals surface area contributed by atoms with Crippen LogP contribution in [0.2, 0.25) is 0 Å². The average Bonchev–Trinajstić information content (AvgIpc) is 3.29. The number of aromatic nitrogens is 1. The Morgan fingerprint density at radius 2 is 1.65 bits per heavy atom.